The van der Waals surface area contributed by atoms with Crippen molar-refractivity contribution in [2.75, 3.05) is 19.7 Å². The molecule has 0 aromatic heterocycles. The number of ether oxygens (including phenoxy) is 1. The van der Waals surface area contributed by atoms with E-state index in [1.54, 1.807) is 0 Å². The lowest BCUT2D eigenvalue weighted by Gasteiger charge is -2.09. The fourth-order valence-corrected chi connectivity index (χ4v) is 3.58. The quantitative estimate of drug-likeness (QED) is 0.456. The van der Waals surface area contributed by atoms with Gasteiger partial charge in [0.05, 0.1) is 10.5 Å². The Hall–Kier alpha value is -2.97. The van der Waals surface area contributed by atoms with Crippen molar-refractivity contribution in [3.05, 3.63) is 77.9 Å². The van der Waals surface area contributed by atoms with E-state index >= 15 is 0 Å². The van der Waals surface area contributed by atoms with Gasteiger partial charge in [-0.3, -0.25) is 4.79 Å². The molecule has 29 heavy (non-hydrogen) atoms. The van der Waals surface area contributed by atoms with Crippen molar-refractivity contribution < 1.29 is 22.7 Å². The molecule has 2 aromatic carbocycles. The lowest BCUT2D eigenvalue weighted by Crippen LogP contribution is -2.30. The number of hydrogen-bond acceptors (Lipinski definition) is 5. The van der Waals surface area contributed by atoms with Crippen LogP contribution in [0.4, 0.5) is 0 Å². The molecule has 7 nitrogen and oxygen atoms in total. The summed E-state index contributed by atoms with van der Waals surface area (Å²) in [6.45, 7) is 5.49. The fraction of sp³-hybridized carbons (Fsp3) is 0.238. The van der Waals surface area contributed by atoms with Gasteiger partial charge in [0.15, 0.2) is 6.61 Å². The Balaban J connectivity index is 1.85. The molecule has 2 N–H and O–H groups in total. The average molecular weight is 416 g/mol. The number of rotatable bonds is 10. The van der Waals surface area contributed by atoms with Crippen LogP contribution in [0.1, 0.15) is 21.5 Å². The summed E-state index contributed by atoms with van der Waals surface area (Å²) in [7, 11) is -3.76. The van der Waals surface area contributed by atoms with Crippen LogP contribution in [0.15, 0.2) is 66.1 Å². The number of carbonyl (C=O) groups excluding carboxylic acids is 2. The Morgan fingerprint density at radius 1 is 1.14 bits per heavy atom. The number of benzene rings is 2. The number of esters is 1. The molecule has 0 saturated carbocycles. The highest BCUT2D eigenvalue weighted by Crippen LogP contribution is 2.12. The molecule has 0 radical (unpaired) electrons. The minimum atomic E-state index is -3.76. The second-order valence-electron chi connectivity index (χ2n) is 6.27. The summed E-state index contributed by atoms with van der Waals surface area (Å²) in [4.78, 5) is 24.0. The normalized spacial score (nSPS) is 10.9. The molecular formula is C21H24N2O5S. The van der Waals surface area contributed by atoms with Crippen molar-refractivity contribution >= 4 is 21.9 Å². The molecule has 0 fully saturated rings. The Morgan fingerprint density at radius 3 is 2.62 bits per heavy atom. The van der Waals surface area contributed by atoms with Gasteiger partial charge in [-0.05, 0) is 42.7 Å². The first-order chi connectivity index (χ1) is 13.8. The van der Waals surface area contributed by atoms with Gasteiger partial charge in [-0.1, -0.05) is 36.4 Å². The molecule has 2 aromatic rings. The van der Waals surface area contributed by atoms with Crippen molar-refractivity contribution in [1.29, 1.82) is 0 Å². The van der Waals surface area contributed by atoms with Gasteiger partial charge in [-0.2, -0.15) is 0 Å². The Labute approximate surface area is 170 Å². The lowest BCUT2D eigenvalue weighted by atomic mass is 10.1. The Morgan fingerprint density at radius 2 is 1.90 bits per heavy atom. The Bertz CT molecular complexity index is 986. The molecule has 0 bridgehead atoms. The molecule has 0 spiro atoms. The molecule has 0 aliphatic rings. The zero-order valence-corrected chi connectivity index (χ0v) is 17.0. The summed E-state index contributed by atoms with van der Waals surface area (Å²) in [6, 6.07) is 13.3. The van der Waals surface area contributed by atoms with Gasteiger partial charge >= 0.3 is 5.97 Å². The molecule has 0 atom stereocenters. The zero-order valence-electron chi connectivity index (χ0n) is 16.2. The third kappa shape index (κ3) is 6.85. The molecule has 0 heterocycles. The maximum atomic E-state index is 12.1. The van der Waals surface area contributed by atoms with Gasteiger partial charge in [0, 0.05) is 13.1 Å². The fourth-order valence-electron chi connectivity index (χ4n) is 2.53. The van der Waals surface area contributed by atoms with E-state index in [4.69, 9.17) is 4.74 Å². The van der Waals surface area contributed by atoms with Crippen LogP contribution >= 0.6 is 0 Å². The van der Waals surface area contributed by atoms with E-state index in [1.807, 2.05) is 31.2 Å². The molecule has 154 valence electrons. The SMILES string of the molecule is C=CCNS(=O)(=O)c1cccc(C(=O)OCC(=O)NCCc2ccccc2C)c1. The van der Waals surface area contributed by atoms with Gasteiger partial charge in [-0.25, -0.2) is 17.9 Å². The van der Waals surface area contributed by atoms with Crippen LogP contribution < -0.4 is 10.0 Å². The van der Waals surface area contributed by atoms with Crippen molar-refractivity contribution in [3.8, 4) is 0 Å². The van der Waals surface area contributed by atoms with E-state index in [0.717, 1.165) is 11.1 Å². The van der Waals surface area contributed by atoms with Crippen LogP contribution in [0.3, 0.4) is 0 Å². The number of amides is 1. The predicted octanol–water partition coefficient (Wildman–Crippen LogP) is 1.98. The van der Waals surface area contributed by atoms with Crippen LogP contribution in [0.25, 0.3) is 0 Å². The molecule has 8 heteroatoms. The summed E-state index contributed by atoms with van der Waals surface area (Å²) in [6.07, 6.45) is 2.08. The monoisotopic (exact) mass is 416 g/mol. The summed E-state index contributed by atoms with van der Waals surface area (Å²) >= 11 is 0. The molecule has 0 aliphatic heterocycles. The van der Waals surface area contributed by atoms with E-state index in [-0.39, 0.29) is 17.0 Å². The summed E-state index contributed by atoms with van der Waals surface area (Å²) < 4.78 is 31.5. The highest BCUT2D eigenvalue weighted by atomic mass is 32.2. The lowest BCUT2D eigenvalue weighted by molar-refractivity contribution is -0.124. The van der Waals surface area contributed by atoms with E-state index < -0.39 is 28.5 Å². The second-order valence-corrected chi connectivity index (χ2v) is 8.04. The summed E-state index contributed by atoms with van der Waals surface area (Å²) in [5.74, 6) is -1.21. The molecule has 2 rings (SSSR count). The third-order valence-corrected chi connectivity index (χ3v) is 5.53. The maximum absolute atomic E-state index is 12.1. The van der Waals surface area contributed by atoms with E-state index in [9.17, 15) is 18.0 Å². The number of sulfonamides is 1. The molecular weight excluding hydrogens is 392 g/mol. The molecule has 1 amide bonds. The first kappa shape index (κ1) is 22.3. The number of aryl methyl sites for hydroxylation is 1. The standard InChI is InChI=1S/C21H24N2O5S/c1-3-12-23-29(26,27)19-10-6-9-18(14-19)21(25)28-15-20(24)22-13-11-17-8-5-4-7-16(17)2/h3-10,14,23H,1,11-13,15H2,2H3,(H,22,24). The molecule has 0 unspecified atom stereocenters. The van der Waals surface area contributed by atoms with Gasteiger partial charge in [0.2, 0.25) is 10.0 Å². The van der Waals surface area contributed by atoms with Crippen LogP contribution in [0, 0.1) is 6.92 Å². The average Bonchev–Trinajstić information content (AvgIpc) is 2.72. The van der Waals surface area contributed by atoms with E-state index in [2.05, 4.69) is 16.6 Å². The van der Waals surface area contributed by atoms with Crippen molar-refractivity contribution in [2.45, 2.75) is 18.2 Å². The minimum Gasteiger partial charge on any atom is -0.452 e. The van der Waals surface area contributed by atoms with Crippen molar-refractivity contribution in [3.63, 3.8) is 0 Å². The first-order valence-corrected chi connectivity index (χ1v) is 10.5. The highest BCUT2D eigenvalue weighted by molar-refractivity contribution is 7.89. The topological polar surface area (TPSA) is 102 Å². The number of carbonyl (C=O) groups is 2. The van der Waals surface area contributed by atoms with Gasteiger partial charge in [0.25, 0.3) is 5.91 Å². The zero-order chi connectivity index (χ0) is 21.3. The van der Waals surface area contributed by atoms with Crippen LogP contribution in [0.2, 0.25) is 0 Å². The smallest absolute Gasteiger partial charge is 0.338 e. The van der Waals surface area contributed by atoms with Crippen molar-refractivity contribution in [1.82, 2.24) is 10.0 Å². The first-order valence-electron chi connectivity index (χ1n) is 9.02. The number of nitrogens with one attached hydrogen (secondary N) is 2. The van der Waals surface area contributed by atoms with Crippen LogP contribution in [-0.4, -0.2) is 40.0 Å². The van der Waals surface area contributed by atoms with Crippen molar-refractivity contribution in [2.24, 2.45) is 0 Å². The highest BCUT2D eigenvalue weighted by Gasteiger charge is 2.16. The van der Waals surface area contributed by atoms with Crippen LogP contribution in [-0.2, 0) is 26.0 Å². The largest absolute Gasteiger partial charge is 0.452 e. The van der Waals surface area contributed by atoms with Gasteiger partial charge < -0.3 is 10.1 Å². The van der Waals surface area contributed by atoms with E-state index in [1.165, 1.54) is 30.3 Å². The third-order valence-electron chi connectivity index (χ3n) is 4.11. The van der Waals surface area contributed by atoms with E-state index in [0.29, 0.717) is 13.0 Å². The predicted molar refractivity (Wildman–Crippen MR) is 110 cm³/mol. The second kappa shape index (κ2) is 10.5. The number of hydrogen-bond donors (Lipinski definition) is 2. The van der Waals surface area contributed by atoms with Gasteiger partial charge in [-0.15, -0.1) is 6.58 Å². The van der Waals surface area contributed by atoms with Gasteiger partial charge in [0.1, 0.15) is 0 Å². The molecule has 0 saturated heterocycles. The maximum Gasteiger partial charge on any atom is 0.338 e. The summed E-state index contributed by atoms with van der Waals surface area (Å²) in [5, 5.41) is 2.69. The Kier molecular flexibility index (Phi) is 8.11. The van der Waals surface area contributed by atoms with Crippen LogP contribution in [0.5, 0.6) is 0 Å². The summed E-state index contributed by atoms with van der Waals surface area (Å²) in [5.41, 5.74) is 2.32. The minimum absolute atomic E-state index is 0.0409. The molecule has 0 aliphatic carbocycles.